The highest BCUT2D eigenvalue weighted by Gasteiger charge is 2.46. The van der Waals surface area contributed by atoms with Crippen LogP contribution in [-0.4, -0.2) is 41.3 Å². The van der Waals surface area contributed by atoms with Crippen molar-refractivity contribution in [2.24, 2.45) is 0 Å². The van der Waals surface area contributed by atoms with Gasteiger partial charge >= 0.3 is 6.03 Å². The van der Waals surface area contributed by atoms with E-state index >= 15 is 0 Å². The van der Waals surface area contributed by atoms with Crippen LogP contribution in [0.4, 0.5) is 4.79 Å². The van der Waals surface area contributed by atoms with Gasteiger partial charge in [0, 0.05) is 29.6 Å². The van der Waals surface area contributed by atoms with Crippen LogP contribution in [0.15, 0.2) is 24.3 Å². The van der Waals surface area contributed by atoms with Crippen LogP contribution in [-0.2, 0) is 5.41 Å². The van der Waals surface area contributed by atoms with Gasteiger partial charge in [-0.1, -0.05) is 29.8 Å². The third-order valence-electron chi connectivity index (χ3n) is 5.13. The number of benzene rings is 1. The summed E-state index contributed by atoms with van der Waals surface area (Å²) in [5, 5.41) is 13.5. The Hall–Kier alpha value is -1.26. The molecule has 1 saturated carbocycles. The van der Waals surface area contributed by atoms with Gasteiger partial charge < -0.3 is 15.3 Å². The summed E-state index contributed by atoms with van der Waals surface area (Å²) in [6.45, 7) is 3.20. The summed E-state index contributed by atoms with van der Waals surface area (Å²) in [6, 6.07) is 8.07. The molecule has 1 heterocycles. The third kappa shape index (κ3) is 3.64. The fourth-order valence-electron chi connectivity index (χ4n) is 3.67. The maximum Gasteiger partial charge on any atom is 0.317 e. The first-order valence-electron chi connectivity index (χ1n) is 8.49. The van der Waals surface area contributed by atoms with E-state index in [0.29, 0.717) is 13.0 Å². The van der Waals surface area contributed by atoms with Crippen LogP contribution >= 0.6 is 11.6 Å². The van der Waals surface area contributed by atoms with Crippen molar-refractivity contribution < 1.29 is 9.90 Å². The molecule has 2 N–H and O–H groups in total. The molecule has 0 radical (unpaired) electrons. The minimum Gasteiger partial charge on any atom is -0.393 e. The van der Waals surface area contributed by atoms with Gasteiger partial charge in [-0.2, -0.15) is 0 Å². The predicted octanol–water partition coefficient (Wildman–Crippen LogP) is 3.32. The number of nitrogens with one attached hydrogen (secondary N) is 1. The molecular formula is C18H25ClN2O2. The van der Waals surface area contributed by atoms with Crippen LogP contribution in [0.5, 0.6) is 0 Å². The number of hydrogen-bond acceptors (Lipinski definition) is 2. The van der Waals surface area contributed by atoms with E-state index in [1.165, 1.54) is 0 Å². The lowest BCUT2D eigenvalue weighted by atomic mass is 9.96. The number of aliphatic hydroxyl groups excluding tert-OH is 1. The van der Waals surface area contributed by atoms with Crippen molar-refractivity contribution in [1.82, 2.24) is 10.2 Å². The molecule has 5 heteroatoms. The molecule has 0 spiro atoms. The lowest BCUT2D eigenvalue weighted by molar-refractivity contribution is 0.138. The zero-order valence-corrected chi connectivity index (χ0v) is 14.4. The monoisotopic (exact) mass is 336 g/mol. The number of halogens is 1. The maximum atomic E-state index is 12.5. The van der Waals surface area contributed by atoms with Gasteiger partial charge in [-0.05, 0) is 50.7 Å². The number of carbonyl (C=O) groups excluding carboxylic acids is 1. The normalized spacial score (nSPS) is 23.6. The van der Waals surface area contributed by atoms with Crippen molar-refractivity contribution in [2.45, 2.75) is 56.6 Å². The van der Waals surface area contributed by atoms with E-state index in [4.69, 9.17) is 11.6 Å². The first-order valence-corrected chi connectivity index (χ1v) is 8.87. The third-order valence-corrected chi connectivity index (χ3v) is 5.46. The number of rotatable bonds is 5. The second-order valence-electron chi connectivity index (χ2n) is 6.99. The Morgan fingerprint density at radius 1 is 1.48 bits per heavy atom. The minimum absolute atomic E-state index is 0.00744. The number of carbonyl (C=O) groups is 1. The molecule has 1 aromatic carbocycles. The van der Waals surface area contributed by atoms with Gasteiger partial charge in [-0.3, -0.25) is 0 Å². The molecule has 3 rings (SSSR count). The zero-order valence-electron chi connectivity index (χ0n) is 13.6. The second-order valence-corrected chi connectivity index (χ2v) is 7.40. The molecule has 23 heavy (non-hydrogen) atoms. The molecule has 1 aromatic rings. The van der Waals surface area contributed by atoms with E-state index in [-0.39, 0.29) is 23.6 Å². The van der Waals surface area contributed by atoms with Crippen LogP contribution in [0.1, 0.15) is 44.6 Å². The molecular weight excluding hydrogens is 312 g/mol. The summed E-state index contributed by atoms with van der Waals surface area (Å²) in [4.78, 5) is 14.4. The first kappa shape index (κ1) is 16.6. The standard InChI is InChI=1S/C18H25ClN2O2/c1-13(22)11-14-5-4-10-21(14)17(23)20-12-18(8-9-18)15-6-2-3-7-16(15)19/h2-3,6-7,13-14,22H,4-5,8-12H2,1H3,(H,20,23). The highest BCUT2D eigenvalue weighted by Crippen LogP contribution is 2.49. The molecule has 2 fully saturated rings. The predicted molar refractivity (Wildman–Crippen MR) is 91.8 cm³/mol. The minimum atomic E-state index is -0.369. The number of likely N-dealkylation sites (tertiary alicyclic amines) is 1. The highest BCUT2D eigenvalue weighted by atomic mass is 35.5. The average molecular weight is 337 g/mol. The fourth-order valence-corrected chi connectivity index (χ4v) is 4.01. The van der Waals surface area contributed by atoms with E-state index in [2.05, 4.69) is 11.4 Å². The second kappa shape index (κ2) is 6.70. The Bertz CT molecular complexity index is 572. The molecule has 126 valence electrons. The van der Waals surface area contributed by atoms with Crippen molar-refractivity contribution in [3.63, 3.8) is 0 Å². The summed E-state index contributed by atoms with van der Waals surface area (Å²) in [5.41, 5.74) is 1.15. The number of urea groups is 1. The average Bonchev–Trinajstić information content (AvgIpc) is 3.16. The van der Waals surface area contributed by atoms with Gasteiger partial charge in [-0.25, -0.2) is 4.79 Å². The van der Waals surface area contributed by atoms with Crippen LogP contribution in [0.3, 0.4) is 0 Å². The van der Waals surface area contributed by atoms with Crippen molar-refractivity contribution >= 4 is 17.6 Å². The Morgan fingerprint density at radius 3 is 2.87 bits per heavy atom. The summed E-state index contributed by atoms with van der Waals surface area (Å²) in [6.07, 6.45) is 4.41. The molecule has 2 atom stereocenters. The SMILES string of the molecule is CC(O)CC1CCCN1C(=O)NCC1(c2ccccc2Cl)CC1. The number of aliphatic hydroxyl groups is 1. The molecule has 0 bridgehead atoms. The maximum absolute atomic E-state index is 12.5. The van der Waals surface area contributed by atoms with E-state index in [1.807, 2.05) is 23.1 Å². The first-order chi connectivity index (χ1) is 11.0. The van der Waals surface area contributed by atoms with Crippen molar-refractivity contribution in [2.75, 3.05) is 13.1 Å². The molecule has 2 unspecified atom stereocenters. The van der Waals surface area contributed by atoms with Crippen LogP contribution < -0.4 is 5.32 Å². The fraction of sp³-hybridized carbons (Fsp3) is 0.611. The smallest absolute Gasteiger partial charge is 0.317 e. The van der Waals surface area contributed by atoms with Gasteiger partial charge in [0.25, 0.3) is 0 Å². The summed E-state index contributed by atoms with van der Waals surface area (Å²) >= 11 is 6.32. The van der Waals surface area contributed by atoms with Gasteiger partial charge in [0.1, 0.15) is 0 Å². The van der Waals surface area contributed by atoms with Gasteiger partial charge in [0.15, 0.2) is 0 Å². The largest absolute Gasteiger partial charge is 0.393 e. The van der Waals surface area contributed by atoms with E-state index < -0.39 is 0 Å². The zero-order chi connectivity index (χ0) is 16.4. The lowest BCUT2D eigenvalue weighted by Gasteiger charge is -2.27. The van der Waals surface area contributed by atoms with Crippen LogP contribution in [0.2, 0.25) is 5.02 Å². The van der Waals surface area contributed by atoms with Crippen molar-refractivity contribution in [3.8, 4) is 0 Å². The number of amides is 2. The van der Waals surface area contributed by atoms with Gasteiger partial charge in [0.2, 0.25) is 0 Å². The van der Waals surface area contributed by atoms with Crippen molar-refractivity contribution in [1.29, 1.82) is 0 Å². The Labute approximate surface area is 142 Å². The number of hydrogen-bond donors (Lipinski definition) is 2. The molecule has 1 aliphatic carbocycles. The van der Waals surface area contributed by atoms with Gasteiger partial charge in [0.05, 0.1) is 6.10 Å². The quantitative estimate of drug-likeness (QED) is 0.866. The van der Waals surface area contributed by atoms with Crippen molar-refractivity contribution in [3.05, 3.63) is 34.9 Å². The van der Waals surface area contributed by atoms with E-state index in [9.17, 15) is 9.90 Å². The van der Waals surface area contributed by atoms with Crippen LogP contribution in [0.25, 0.3) is 0 Å². The van der Waals surface area contributed by atoms with E-state index in [0.717, 1.165) is 42.8 Å². The molecule has 4 nitrogen and oxygen atoms in total. The summed E-state index contributed by atoms with van der Waals surface area (Å²) in [7, 11) is 0. The van der Waals surface area contributed by atoms with Crippen LogP contribution in [0, 0.1) is 0 Å². The van der Waals surface area contributed by atoms with Gasteiger partial charge in [-0.15, -0.1) is 0 Å². The highest BCUT2D eigenvalue weighted by molar-refractivity contribution is 6.31. The Kier molecular flexibility index (Phi) is 4.83. The Morgan fingerprint density at radius 2 is 2.22 bits per heavy atom. The Balaban J connectivity index is 1.60. The lowest BCUT2D eigenvalue weighted by Crippen LogP contribution is -2.45. The molecule has 1 saturated heterocycles. The summed E-state index contributed by atoms with van der Waals surface area (Å²) in [5.74, 6) is 0. The molecule has 2 amide bonds. The topological polar surface area (TPSA) is 52.6 Å². The van der Waals surface area contributed by atoms with E-state index in [1.54, 1.807) is 6.92 Å². The summed E-state index contributed by atoms with van der Waals surface area (Å²) < 4.78 is 0. The number of nitrogens with zero attached hydrogens (tertiary/aromatic N) is 1. The molecule has 1 aliphatic heterocycles. The molecule has 0 aromatic heterocycles. The molecule has 2 aliphatic rings.